The Balaban J connectivity index is 1.31. The molecule has 2 aliphatic carbocycles. The molecular weight excluding hydrogens is 524 g/mol. The number of fused-ring (bicyclic) bond motifs is 1. The second kappa shape index (κ2) is 8.64. The molecule has 7 aliphatic rings. The van der Waals surface area contributed by atoms with Crippen molar-refractivity contribution in [1.29, 1.82) is 0 Å². The maximum absolute atomic E-state index is 13.5. The Morgan fingerprint density at radius 3 is 2.73 bits per heavy atom. The van der Waals surface area contributed by atoms with E-state index in [-0.39, 0.29) is 25.7 Å². The number of carbonyl (C=O) groups is 3. The minimum absolute atomic E-state index is 0.110. The Morgan fingerprint density at radius 2 is 1.98 bits per heavy atom. The first kappa shape index (κ1) is 26.2. The van der Waals surface area contributed by atoms with Crippen molar-refractivity contribution in [2.75, 3.05) is 19.8 Å². The van der Waals surface area contributed by atoms with Crippen molar-refractivity contribution in [3.8, 4) is 0 Å². The molecule has 3 spiro atoms. The Labute approximate surface area is 231 Å². The topological polar surface area (TPSA) is 143 Å². The van der Waals surface area contributed by atoms with Gasteiger partial charge in [0.05, 0.1) is 36.3 Å². The zero-order valence-electron chi connectivity index (χ0n) is 22.8. The van der Waals surface area contributed by atoms with Crippen LogP contribution in [0.4, 0.5) is 0 Å². The number of epoxide rings is 2. The van der Waals surface area contributed by atoms with Crippen LogP contribution in [0.3, 0.4) is 0 Å². The lowest BCUT2D eigenvalue weighted by molar-refractivity contribution is -0.240. The number of hydrogen-bond acceptors (Lipinski definition) is 11. The molecule has 0 radical (unpaired) electrons. The molecule has 4 saturated heterocycles. The highest BCUT2D eigenvalue weighted by atomic mass is 16.7. The molecule has 0 aromatic rings. The molecule has 1 unspecified atom stereocenters. The van der Waals surface area contributed by atoms with Crippen LogP contribution in [0.5, 0.6) is 0 Å². The lowest BCUT2D eigenvalue weighted by atomic mass is 9.51. The average molecular weight is 559 g/mol. The molecule has 5 heterocycles. The van der Waals surface area contributed by atoms with Crippen molar-refractivity contribution in [3.05, 3.63) is 35.6 Å². The highest BCUT2D eigenvalue weighted by molar-refractivity contribution is 5.82. The summed E-state index contributed by atoms with van der Waals surface area (Å²) >= 11 is 0. The Hall–Kier alpha value is -2.73. The molecular formula is C29H34O11. The van der Waals surface area contributed by atoms with E-state index in [4.69, 9.17) is 33.2 Å². The van der Waals surface area contributed by atoms with E-state index >= 15 is 0 Å². The lowest BCUT2D eigenvalue weighted by Gasteiger charge is -2.59. The van der Waals surface area contributed by atoms with Gasteiger partial charge in [0.15, 0.2) is 6.10 Å². The molecule has 0 amide bonds. The minimum Gasteiger partial charge on any atom is -0.495 e. The van der Waals surface area contributed by atoms with Gasteiger partial charge in [0, 0.05) is 32.3 Å². The normalized spacial score (nSPS) is 49.7. The standard InChI is InChI=1S/C29H34O11/c1-15-10-20-27(12-18(15)37-16(2)30)13-35-25(33)24-28(40-24)8-9-34-17(23(28)32)6-4-5-7-22(31)39-19-11-21(38-20)29(14-36-29)26(19,27)3/h5-7,10,18-21,23-24,32H,4,8-9,11-14H2,1-3H3/b7-5-,17-6?/t18-,19+,20+,21+,23-,24+,26?,27+,28+,29-/m0/s1. The van der Waals surface area contributed by atoms with Crippen LogP contribution < -0.4 is 0 Å². The molecule has 5 fully saturated rings. The van der Waals surface area contributed by atoms with E-state index in [0.29, 0.717) is 31.6 Å². The van der Waals surface area contributed by atoms with E-state index in [0.717, 1.165) is 5.57 Å². The highest BCUT2D eigenvalue weighted by Gasteiger charge is 2.83. The lowest BCUT2D eigenvalue weighted by Crippen LogP contribution is -2.68. The Bertz CT molecular complexity index is 1250. The summed E-state index contributed by atoms with van der Waals surface area (Å²) in [4.78, 5) is 38.6. The number of esters is 3. The van der Waals surface area contributed by atoms with Gasteiger partial charge in [-0.15, -0.1) is 0 Å². The summed E-state index contributed by atoms with van der Waals surface area (Å²) in [6, 6.07) is 0. The fourth-order valence-electron chi connectivity index (χ4n) is 8.05. The van der Waals surface area contributed by atoms with E-state index in [9.17, 15) is 19.5 Å². The van der Waals surface area contributed by atoms with Gasteiger partial charge < -0.3 is 38.3 Å². The molecule has 11 nitrogen and oxygen atoms in total. The first-order chi connectivity index (χ1) is 19.1. The molecule has 1 saturated carbocycles. The summed E-state index contributed by atoms with van der Waals surface area (Å²) in [5.74, 6) is -1.25. The summed E-state index contributed by atoms with van der Waals surface area (Å²) in [5.41, 5.74) is -2.81. The predicted molar refractivity (Wildman–Crippen MR) is 133 cm³/mol. The second-order valence-electron chi connectivity index (χ2n) is 12.3. The molecule has 1 N–H and O–H groups in total. The summed E-state index contributed by atoms with van der Waals surface area (Å²) < 4.78 is 42.1. The first-order valence-corrected chi connectivity index (χ1v) is 13.9. The monoisotopic (exact) mass is 558 g/mol. The molecule has 10 atom stereocenters. The van der Waals surface area contributed by atoms with Gasteiger partial charge >= 0.3 is 17.9 Å². The molecule has 0 aromatic carbocycles. The van der Waals surface area contributed by atoms with Crippen LogP contribution in [-0.4, -0.2) is 90.7 Å². The second-order valence-corrected chi connectivity index (χ2v) is 12.3. The van der Waals surface area contributed by atoms with Gasteiger partial charge in [-0.05, 0) is 25.0 Å². The van der Waals surface area contributed by atoms with Gasteiger partial charge in [-0.3, -0.25) is 4.79 Å². The third kappa shape index (κ3) is 3.41. The minimum atomic E-state index is -1.15. The van der Waals surface area contributed by atoms with Crippen molar-refractivity contribution in [3.63, 3.8) is 0 Å². The van der Waals surface area contributed by atoms with E-state index in [1.807, 2.05) is 19.9 Å². The molecule has 5 aliphatic heterocycles. The summed E-state index contributed by atoms with van der Waals surface area (Å²) in [7, 11) is 0. The largest absolute Gasteiger partial charge is 0.495 e. The van der Waals surface area contributed by atoms with Crippen molar-refractivity contribution in [2.24, 2.45) is 10.8 Å². The maximum atomic E-state index is 13.5. The summed E-state index contributed by atoms with van der Waals surface area (Å²) in [6.07, 6.45) is 3.84. The third-order valence-electron chi connectivity index (χ3n) is 10.5. The van der Waals surface area contributed by atoms with Gasteiger partial charge in [-0.2, -0.15) is 0 Å². The van der Waals surface area contributed by atoms with Crippen molar-refractivity contribution < 1.29 is 52.6 Å². The number of carbonyl (C=O) groups excluding carboxylic acids is 3. The fourth-order valence-corrected chi connectivity index (χ4v) is 8.05. The van der Waals surface area contributed by atoms with Crippen LogP contribution in [0.15, 0.2) is 35.6 Å². The van der Waals surface area contributed by atoms with Crippen molar-refractivity contribution in [2.45, 2.75) is 94.3 Å². The van der Waals surface area contributed by atoms with E-state index in [1.165, 1.54) is 13.0 Å². The van der Waals surface area contributed by atoms with Crippen LogP contribution in [0.25, 0.3) is 0 Å². The Kier molecular flexibility index (Phi) is 5.66. The molecule has 216 valence electrons. The van der Waals surface area contributed by atoms with Gasteiger partial charge in [0.2, 0.25) is 0 Å². The van der Waals surface area contributed by atoms with Crippen molar-refractivity contribution in [1.82, 2.24) is 0 Å². The van der Waals surface area contributed by atoms with Crippen LogP contribution in [0.1, 0.15) is 46.5 Å². The van der Waals surface area contributed by atoms with Gasteiger partial charge in [-0.1, -0.05) is 19.1 Å². The van der Waals surface area contributed by atoms with Crippen LogP contribution in [0.2, 0.25) is 0 Å². The van der Waals surface area contributed by atoms with E-state index in [2.05, 4.69) is 0 Å². The zero-order chi connectivity index (χ0) is 28.1. The average Bonchev–Trinajstić information content (AvgIpc) is 3.81. The summed E-state index contributed by atoms with van der Waals surface area (Å²) in [6.45, 7) is 5.83. The number of aliphatic hydroxyl groups excluding tert-OH is 1. The Morgan fingerprint density at radius 1 is 1.18 bits per heavy atom. The molecule has 4 bridgehead atoms. The van der Waals surface area contributed by atoms with Crippen LogP contribution >= 0.6 is 0 Å². The molecule has 40 heavy (non-hydrogen) atoms. The quantitative estimate of drug-likeness (QED) is 0.216. The molecule has 7 rings (SSSR count). The first-order valence-electron chi connectivity index (χ1n) is 13.9. The maximum Gasteiger partial charge on any atom is 0.338 e. The van der Waals surface area contributed by atoms with E-state index in [1.54, 1.807) is 12.2 Å². The van der Waals surface area contributed by atoms with Gasteiger partial charge in [-0.25, -0.2) is 9.59 Å². The number of cyclic esters (lactones) is 1. The van der Waals surface area contributed by atoms with Crippen LogP contribution in [0, 0.1) is 10.8 Å². The number of allylic oxidation sites excluding steroid dienone is 2. The number of aliphatic hydroxyl groups is 1. The molecule has 0 aromatic heterocycles. The SMILES string of the molecule is CC(=O)O[C@H]1C[C@@]23COC(=O)[C@H]4O[C@@]45CCOC(=CC/C=C\C(=O)O[C@@H]4C[C@@H](O[C@@H]2C=C1C)[C@@]1(CO1)C43C)[C@@H]5O. The smallest absolute Gasteiger partial charge is 0.338 e. The van der Waals surface area contributed by atoms with Gasteiger partial charge in [0.25, 0.3) is 0 Å². The van der Waals surface area contributed by atoms with Crippen LogP contribution in [-0.2, 0) is 47.5 Å². The van der Waals surface area contributed by atoms with Crippen molar-refractivity contribution >= 4 is 17.9 Å². The fraction of sp³-hybridized carbons (Fsp3) is 0.690. The number of ether oxygens (including phenoxy) is 7. The third-order valence-corrected chi connectivity index (χ3v) is 10.5. The van der Waals surface area contributed by atoms with Gasteiger partial charge in [0.1, 0.15) is 41.9 Å². The number of hydrogen-bond donors (Lipinski definition) is 1. The zero-order valence-corrected chi connectivity index (χ0v) is 22.8. The number of rotatable bonds is 1. The molecule has 11 heteroatoms. The predicted octanol–water partition coefficient (Wildman–Crippen LogP) is 1.42. The summed E-state index contributed by atoms with van der Waals surface area (Å²) in [5, 5.41) is 11.0. The van der Waals surface area contributed by atoms with E-state index < -0.39 is 70.5 Å². The highest BCUT2D eigenvalue weighted by Crippen LogP contribution is 2.72.